The van der Waals surface area contributed by atoms with Gasteiger partial charge in [0.15, 0.2) is 0 Å². The van der Waals surface area contributed by atoms with Crippen molar-refractivity contribution in [1.82, 2.24) is 0 Å². The van der Waals surface area contributed by atoms with E-state index in [2.05, 4.69) is 62.7 Å². The number of rotatable bonds is 3. The summed E-state index contributed by atoms with van der Waals surface area (Å²) in [5.41, 5.74) is 7.19. The second-order valence-corrected chi connectivity index (χ2v) is 4.48. The molecule has 0 atom stereocenters. The smallest absolute Gasteiger partial charge is 0.00882 e. The van der Waals surface area contributed by atoms with Gasteiger partial charge in [-0.15, -0.1) is 13.2 Å². The molecule has 0 N–H and O–H groups in total. The molecule has 0 spiro atoms. The second kappa shape index (κ2) is 6.75. The summed E-state index contributed by atoms with van der Waals surface area (Å²) in [5, 5.41) is 0. The molecular formula is C19H22. The van der Waals surface area contributed by atoms with Gasteiger partial charge in [-0.1, -0.05) is 49.1 Å². The van der Waals surface area contributed by atoms with Gasteiger partial charge in [0.1, 0.15) is 0 Å². The highest BCUT2D eigenvalue weighted by Crippen LogP contribution is 2.29. The monoisotopic (exact) mass is 250 g/mol. The van der Waals surface area contributed by atoms with Crippen molar-refractivity contribution < 1.29 is 0 Å². The van der Waals surface area contributed by atoms with E-state index in [9.17, 15) is 0 Å². The Morgan fingerprint density at radius 2 is 1.89 bits per heavy atom. The van der Waals surface area contributed by atoms with E-state index in [0.717, 1.165) is 17.6 Å². The molecule has 0 saturated carbocycles. The molecule has 0 nitrogen and oxygen atoms in total. The van der Waals surface area contributed by atoms with Gasteiger partial charge in [0.2, 0.25) is 0 Å². The van der Waals surface area contributed by atoms with Crippen LogP contribution in [0.3, 0.4) is 0 Å². The van der Waals surface area contributed by atoms with E-state index in [1.807, 2.05) is 13.8 Å². The van der Waals surface area contributed by atoms with Gasteiger partial charge in [-0.25, -0.2) is 0 Å². The quantitative estimate of drug-likeness (QED) is 0.484. The van der Waals surface area contributed by atoms with Gasteiger partial charge in [-0.05, 0) is 54.2 Å². The molecule has 1 aliphatic carbocycles. The molecule has 1 aliphatic rings. The predicted molar refractivity (Wildman–Crippen MR) is 88.0 cm³/mol. The van der Waals surface area contributed by atoms with Crippen LogP contribution >= 0.6 is 0 Å². The Morgan fingerprint density at radius 1 is 1.21 bits per heavy atom. The van der Waals surface area contributed by atoms with Crippen LogP contribution in [0.2, 0.25) is 0 Å². The molecule has 0 heteroatoms. The van der Waals surface area contributed by atoms with E-state index in [-0.39, 0.29) is 0 Å². The van der Waals surface area contributed by atoms with Gasteiger partial charge >= 0.3 is 0 Å². The highest BCUT2D eigenvalue weighted by atomic mass is 14.1. The van der Waals surface area contributed by atoms with Gasteiger partial charge in [-0.3, -0.25) is 0 Å². The molecule has 98 valence electrons. The minimum absolute atomic E-state index is 1.02. The van der Waals surface area contributed by atoms with Crippen molar-refractivity contribution in [1.29, 1.82) is 0 Å². The van der Waals surface area contributed by atoms with Crippen molar-refractivity contribution in [3.63, 3.8) is 0 Å². The fourth-order valence-electron chi connectivity index (χ4n) is 2.16. The first kappa shape index (κ1) is 15.0. The van der Waals surface area contributed by atoms with Crippen molar-refractivity contribution in [2.75, 3.05) is 0 Å². The maximum atomic E-state index is 4.11. The number of fused-ring (bicyclic) bond motifs is 1. The molecule has 0 radical (unpaired) electrons. The standard InChI is InChI=1S/C17H18.C2H4/c1-5-17(13(4)12(2)3)16-10-9-14-7-6-8-15(14)11-16;1-2/h5-6,8-11H,2,4,7H2,1,3H3;1-2H2/b17-5+;. The van der Waals surface area contributed by atoms with Crippen molar-refractivity contribution in [2.24, 2.45) is 0 Å². The Kier molecular flexibility index (Phi) is 5.32. The van der Waals surface area contributed by atoms with Crippen LogP contribution < -0.4 is 0 Å². The van der Waals surface area contributed by atoms with Gasteiger partial charge < -0.3 is 0 Å². The minimum Gasteiger partial charge on any atom is -0.106 e. The Bertz CT molecular complexity index is 553. The highest BCUT2D eigenvalue weighted by molar-refractivity contribution is 5.83. The third kappa shape index (κ3) is 3.23. The molecule has 0 unspecified atom stereocenters. The lowest BCUT2D eigenvalue weighted by Crippen LogP contribution is -1.92. The van der Waals surface area contributed by atoms with E-state index in [4.69, 9.17) is 0 Å². The Hall–Kier alpha value is -2.08. The SMILES string of the molecule is C=C.C=C(C)C(=C)/C(=C\C)c1ccc2c(c1)C=CC2. The second-order valence-electron chi connectivity index (χ2n) is 4.48. The van der Waals surface area contributed by atoms with E-state index >= 15 is 0 Å². The van der Waals surface area contributed by atoms with Gasteiger partial charge in [0.05, 0.1) is 0 Å². The number of hydrogen-bond acceptors (Lipinski definition) is 0. The highest BCUT2D eigenvalue weighted by Gasteiger charge is 2.10. The summed E-state index contributed by atoms with van der Waals surface area (Å²) in [7, 11) is 0. The fourth-order valence-corrected chi connectivity index (χ4v) is 2.16. The van der Waals surface area contributed by atoms with Crippen molar-refractivity contribution in [3.05, 3.63) is 84.5 Å². The molecule has 19 heavy (non-hydrogen) atoms. The van der Waals surface area contributed by atoms with E-state index in [1.54, 1.807) is 0 Å². The lowest BCUT2D eigenvalue weighted by molar-refractivity contribution is 1.30. The summed E-state index contributed by atoms with van der Waals surface area (Å²) in [6.45, 7) is 18.1. The Labute approximate surface area is 117 Å². The zero-order chi connectivity index (χ0) is 14.4. The number of benzene rings is 1. The third-order valence-corrected chi connectivity index (χ3v) is 3.22. The van der Waals surface area contributed by atoms with Gasteiger partial charge in [-0.2, -0.15) is 0 Å². The average Bonchev–Trinajstić information content (AvgIpc) is 2.89. The Morgan fingerprint density at radius 3 is 2.47 bits per heavy atom. The van der Waals surface area contributed by atoms with Gasteiger partial charge in [0, 0.05) is 0 Å². The first-order valence-corrected chi connectivity index (χ1v) is 6.44. The van der Waals surface area contributed by atoms with Crippen LogP contribution in [0.15, 0.2) is 67.8 Å². The summed E-state index contributed by atoms with van der Waals surface area (Å²) in [6.07, 6.45) is 7.56. The normalized spacial score (nSPS) is 12.4. The third-order valence-electron chi connectivity index (χ3n) is 3.22. The van der Waals surface area contributed by atoms with Crippen LogP contribution in [0.4, 0.5) is 0 Å². The molecule has 1 aromatic rings. The van der Waals surface area contributed by atoms with E-state index in [0.29, 0.717) is 0 Å². The zero-order valence-corrected chi connectivity index (χ0v) is 12.0. The first-order chi connectivity index (χ1) is 9.13. The summed E-state index contributed by atoms with van der Waals surface area (Å²) in [5.74, 6) is 0. The molecule has 0 saturated heterocycles. The van der Waals surface area contributed by atoms with Gasteiger partial charge in [0.25, 0.3) is 0 Å². The molecule has 0 aliphatic heterocycles. The summed E-state index contributed by atoms with van der Waals surface area (Å²) in [6, 6.07) is 6.62. The molecule has 0 aromatic heterocycles. The summed E-state index contributed by atoms with van der Waals surface area (Å²) < 4.78 is 0. The molecule has 0 heterocycles. The molecular weight excluding hydrogens is 228 g/mol. The molecule has 0 amide bonds. The number of allylic oxidation sites excluding steroid dienone is 5. The average molecular weight is 250 g/mol. The largest absolute Gasteiger partial charge is 0.106 e. The summed E-state index contributed by atoms with van der Waals surface area (Å²) >= 11 is 0. The van der Waals surface area contributed by atoms with Crippen molar-refractivity contribution in [2.45, 2.75) is 20.3 Å². The maximum absolute atomic E-state index is 4.11. The van der Waals surface area contributed by atoms with Crippen LogP contribution in [0.1, 0.15) is 30.5 Å². The lowest BCUT2D eigenvalue weighted by atomic mass is 9.93. The molecule has 0 fully saturated rings. The zero-order valence-electron chi connectivity index (χ0n) is 12.0. The topological polar surface area (TPSA) is 0 Å². The van der Waals surface area contributed by atoms with Crippen molar-refractivity contribution in [3.8, 4) is 0 Å². The van der Waals surface area contributed by atoms with Crippen LogP contribution in [-0.4, -0.2) is 0 Å². The van der Waals surface area contributed by atoms with Crippen molar-refractivity contribution >= 4 is 11.6 Å². The lowest BCUT2D eigenvalue weighted by Gasteiger charge is -2.12. The van der Waals surface area contributed by atoms with Crippen LogP contribution in [-0.2, 0) is 6.42 Å². The number of hydrogen-bond donors (Lipinski definition) is 0. The van der Waals surface area contributed by atoms with E-state index in [1.165, 1.54) is 22.3 Å². The predicted octanol–water partition coefficient (Wildman–Crippen LogP) is 5.59. The van der Waals surface area contributed by atoms with E-state index < -0.39 is 0 Å². The Balaban J connectivity index is 0.000000861. The molecule has 0 bridgehead atoms. The van der Waals surface area contributed by atoms with Crippen LogP contribution in [0.5, 0.6) is 0 Å². The van der Waals surface area contributed by atoms with Crippen LogP contribution in [0.25, 0.3) is 11.6 Å². The van der Waals surface area contributed by atoms with Crippen LogP contribution in [0, 0.1) is 0 Å². The summed E-state index contributed by atoms with van der Waals surface area (Å²) in [4.78, 5) is 0. The first-order valence-electron chi connectivity index (χ1n) is 6.44. The minimum atomic E-state index is 1.02. The molecule has 1 aromatic carbocycles. The molecule has 2 rings (SSSR count). The maximum Gasteiger partial charge on any atom is -0.00882 e. The fraction of sp³-hybridized carbons (Fsp3) is 0.158.